The van der Waals surface area contributed by atoms with Gasteiger partial charge in [-0.1, -0.05) is 6.07 Å². The van der Waals surface area contributed by atoms with Crippen molar-refractivity contribution >= 4 is 6.03 Å². The van der Waals surface area contributed by atoms with Gasteiger partial charge in [-0.15, -0.1) is 0 Å². The van der Waals surface area contributed by atoms with Crippen LogP contribution in [0.5, 0.6) is 0 Å². The van der Waals surface area contributed by atoms with Gasteiger partial charge in [-0.25, -0.2) is 14.2 Å². The highest BCUT2D eigenvalue weighted by atomic mass is 19.1. The minimum atomic E-state index is -0.386. The molecule has 21 heavy (non-hydrogen) atoms. The summed E-state index contributed by atoms with van der Waals surface area (Å²) in [4.78, 5) is 16.9. The second-order valence-electron chi connectivity index (χ2n) is 4.56. The van der Waals surface area contributed by atoms with Crippen LogP contribution >= 0.6 is 0 Å². The lowest BCUT2D eigenvalue weighted by Gasteiger charge is -2.16. The second-order valence-corrected chi connectivity index (χ2v) is 4.56. The fourth-order valence-electron chi connectivity index (χ4n) is 1.84. The van der Waals surface area contributed by atoms with Gasteiger partial charge in [-0.3, -0.25) is 0 Å². The van der Waals surface area contributed by atoms with Gasteiger partial charge in [-0.2, -0.15) is 0 Å². The van der Waals surface area contributed by atoms with E-state index in [1.165, 1.54) is 17.3 Å². The first-order valence-electron chi connectivity index (χ1n) is 6.48. The van der Waals surface area contributed by atoms with Gasteiger partial charge >= 0.3 is 6.03 Å². The number of likely N-dealkylation sites (N-methyl/N-ethyl adjacent to an activating group) is 1. The molecular weight excluding hydrogens is 275 g/mol. The predicted octanol–water partition coefficient (Wildman–Crippen LogP) is 1.15. The Kier molecular flexibility index (Phi) is 4.89. The molecule has 0 aliphatic rings. The molecular formula is C14H17FN4O2. The molecule has 0 bridgehead atoms. The average Bonchev–Trinajstić information content (AvgIpc) is 2.99. The highest BCUT2D eigenvalue weighted by molar-refractivity contribution is 5.73. The zero-order chi connectivity index (χ0) is 15.2. The van der Waals surface area contributed by atoms with Crippen molar-refractivity contribution in [1.82, 2.24) is 19.8 Å². The Bertz CT molecular complexity index is 601. The third kappa shape index (κ3) is 3.79. The van der Waals surface area contributed by atoms with E-state index in [0.717, 1.165) is 0 Å². The third-order valence-corrected chi connectivity index (χ3v) is 3.02. The first-order valence-corrected chi connectivity index (χ1v) is 6.48. The van der Waals surface area contributed by atoms with Gasteiger partial charge in [0.25, 0.3) is 0 Å². The molecule has 2 N–H and O–H groups in total. The normalized spacial score (nSPS) is 10.4. The van der Waals surface area contributed by atoms with Crippen molar-refractivity contribution in [1.29, 1.82) is 0 Å². The molecule has 2 aromatic rings. The zero-order valence-corrected chi connectivity index (χ0v) is 11.7. The van der Waals surface area contributed by atoms with Gasteiger partial charge in [0.15, 0.2) is 0 Å². The van der Waals surface area contributed by atoms with E-state index in [-0.39, 0.29) is 31.5 Å². The number of carbonyl (C=O) groups excluding carboxylic acids is 1. The van der Waals surface area contributed by atoms with Crippen LogP contribution in [0.3, 0.4) is 0 Å². The molecule has 1 heterocycles. The number of benzene rings is 1. The molecule has 0 aliphatic carbocycles. The molecule has 2 amide bonds. The van der Waals surface area contributed by atoms with Crippen molar-refractivity contribution in [3.63, 3.8) is 0 Å². The molecule has 0 fully saturated rings. The highest BCUT2D eigenvalue weighted by Crippen LogP contribution is 2.14. The molecule has 0 atom stereocenters. The van der Waals surface area contributed by atoms with Crippen molar-refractivity contribution in [2.24, 2.45) is 0 Å². The molecule has 0 unspecified atom stereocenters. The van der Waals surface area contributed by atoms with Gasteiger partial charge in [0.2, 0.25) is 0 Å². The summed E-state index contributed by atoms with van der Waals surface area (Å²) in [5, 5.41) is 11.4. The fraction of sp³-hybridized carbons (Fsp3) is 0.286. The molecule has 1 aromatic carbocycles. The molecule has 7 heteroatoms. The topological polar surface area (TPSA) is 70.4 Å². The smallest absolute Gasteiger partial charge is 0.317 e. The van der Waals surface area contributed by atoms with E-state index in [1.54, 1.807) is 36.1 Å². The largest absolute Gasteiger partial charge is 0.395 e. The number of hydrogen-bond acceptors (Lipinski definition) is 3. The number of rotatable bonds is 5. The summed E-state index contributed by atoms with van der Waals surface area (Å²) in [6.07, 6.45) is 4.75. The minimum Gasteiger partial charge on any atom is -0.395 e. The van der Waals surface area contributed by atoms with Crippen LogP contribution in [-0.4, -0.2) is 45.8 Å². The first kappa shape index (κ1) is 15.0. The van der Waals surface area contributed by atoms with E-state index in [1.807, 2.05) is 0 Å². The van der Waals surface area contributed by atoms with Gasteiger partial charge in [0.05, 0.1) is 18.6 Å². The standard InChI is InChI=1S/C14H17FN4O2/c1-18(6-7-20)14(21)17-9-11-2-3-13(12(15)8-11)19-5-4-16-10-19/h2-5,8,10,20H,6-7,9H2,1H3,(H,17,21). The number of halogens is 1. The maximum Gasteiger partial charge on any atom is 0.317 e. The number of hydrogen-bond donors (Lipinski definition) is 2. The van der Waals surface area contributed by atoms with Gasteiger partial charge < -0.3 is 19.9 Å². The van der Waals surface area contributed by atoms with E-state index in [2.05, 4.69) is 10.3 Å². The van der Waals surface area contributed by atoms with E-state index in [4.69, 9.17) is 5.11 Å². The van der Waals surface area contributed by atoms with Gasteiger partial charge in [-0.05, 0) is 17.7 Å². The molecule has 0 saturated heterocycles. The number of aliphatic hydroxyl groups is 1. The van der Waals surface area contributed by atoms with E-state index in [9.17, 15) is 9.18 Å². The van der Waals surface area contributed by atoms with E-state index < -0.39 is 0 Å². The van der Waals surface area contributed by atoms with Crippen LogP contribution in [0, 0.1) is 5.82 Å². The first-order chi connectivity index (χ1) is 10.1. The van der Waals surface area contributed by atoms with Crippen molar-refractivity contribution in [2.75, 3.05) is 20.2 Å². The van der Waals surface area contributed by atoms with Crippen molar-refractivity contribution in [3.05, 3.63) is 48.3 Å². The van der Waals surface area contributed by atoms with Crippen LogP contribution in [0.4, 0.5) is 9.18 Å². The van der Waals surface area contributed by atoms with Crippen LogP contribution in [0.25, 0.3) is 5.69 Å². The van der Waals surface area contributed by atoms with Gasteiger partial charge in [0, 0.05) is 32.5 Å². The zero-order valence-electron chi connectivity index (χ0n) is 11.7. The van der Waals surface area contributed by atoms with Crippen LogP contribution in [0.2, 0.25) is 0 Å². The number of carbonyl (C=O) groups is 1. The number of urea groups is 1. The second kappa shape index (κ2) is 6.85. The summed E-state index contributed by atoms with van der Waals surface area (Å²) < 4.78 is 15.6. The predicted molar refractivity (Wildman–Crippen MR) is 75.5 cm³/mol. The quantitative estimate of drug-likeness (QED) is 0.868. The Morgan fingerprint density at radius 1 is 1.52 bits per heavy atom. The maximum absolute atomic E-state index is 14.0. The van der Waals surface area contributed by atoms with Crippen LogP contribution in [0.1, 0.15) is 5.56 Å². The summed E-state index contributed by atoms with van der Waals surface area (Å²) in [5.74, 6) is -0.386. The Balaban J connectivity index is 1.99. The molecule has 0 aliphatic heterocycles. The summed E-state index contributed by atoms with van der Waals surface area (Å²) >= 11 is 0. The van der Waals surface area contributed by atoms with Gasteiger partial charge in [0.1, 0.15) is 5.82 Å². The minimum absolute atomic E-state index is 0.0991. The molecule has 2 rings (SSSR count). The maximum atomic E-state index is 14.0. The van der Waals surface area contributed by atoms with Crippen LogP contribution < -0.4 is 5.32 Å². The molecule has 6 nitrogen and oxygen atoms in total. The number of nitrogens with zero attached hydrogens (tertiary/aromatic N) is 3. The summed E-state index contributed by atoms with van der Waals surface area (Å²) in [7, 11) is 1.58. The number of aliphatic hydroxyl groups excluding tert-OH is 1. The number of nitrogens with one attached hydrogen (secondary N) is 1. The van der Waals surface area contributed by atoms with Crippen molar-refractivity contribution in [3.8, 4) is 5.69 Å². The average molecular weight is 292 g/mol. The Labute approximate surface area is 121 Å². The Morgan fingerprint density at radius 3 is 2.95 bits per heavy atom. The van der Waals surface area contributed by atoms with E-state index in [0.29, 0.717) is 11.3 Å². The fourth-order valence-corrected chi connectivity index (χ4v) is 1.84. The van der Waals surface area contributed by atoms with Crippen molar-refractivity contribution < 1.29 is 14.3 Å². The lowest BCUT2D eigenvalue weighted by atomic mass is 10.2. The lowest BCUT2D eigenvalue weighted by Crippen LogP contribution is -2.38. The summed E-state index contributed by atoms with van der Waals surface area (Å²) in [5.41, 5.74) is 1.06. The Hall–Kier alpha value is -2.41. The van der Waals surface area contributed by atoms with E-state index >= 15 is 0 Å². The molecule has 112 valence electrons. The van der Waals surface area contributed by atoms with Crippen LogP contribution in [-0.2, 0) is 6.54 Å². The monoisotopic (exact) mass is 292 g/mol. The highest BCUT2D eigenvalue weighted by Gasteiger charge is 2.09. The summed E-state index contributed by atoms with van der Waals surface area (Å²) in [6, 6.07) is 4.44. The summed E-state index contributed by atoms with van der Waals surface area (Å²) in [6.45, 7) is 0.369. The molecule has 0 radical (unpaired) electrons. The Morgan fingerprint density at radius 2 is 2.33 bits per heavy atom. The van der Waals surface area contributed by atoms with Crippen LogP contribution in [0.15, 0.2) is 36.9 Å². The number of aromatic nitrogens is 2. The lowest BCUT2D eigenvalue weighted by molar-refractivity contribution is 0.190. The number of amides is 2. The molecule has 1 aromatic heterocycles. The molecule has 0 saturated carbocycles. The number of imidazole rings is 1. The third-order valence-electron chi connectivity index (χ3n) is 3.02. The van der Waals surface area contributed by atoms with Crippen molar-refractivity contribution in [2.45, 2.75) is 6.54 Å². The molecule has 0 spiro atoms. The SMILES string of the molecule is CN(CCO)C(=O)NCc1ccc(-n2ccnc2)c(F)c1.